The first kappa shape index (κ1) is 20.7. The van der Waals surface area contributed by atoms with Gasteiger partial charge < -0.3 is 19.5 Å². The van der Waals surface area contributed by atoms with Gasteiger partial charge in [0.25, 0.3) is 5.91 Å². The van der Waals surface area contributed by atoms with Gasteiger partial charge in [-0.05, 0) is 63.7 Å². The zero-order valence-electron chi connectivity index (χ0n) is 16.4. The molecule has 7 heteroatoms. The van der Waals surface area contributed by atoms with Crippen LogP contribution >= 0.6 is 12.4 Å². The van der Waals surface area contributed by atoms with Crippen LogP contribution in [0.25, 0.3) is 0 Å². The Morgan fingerprint density at radius 2 is 1.89 bits per heavy atom. The van der Waals surface area contributed by atoms with E-state index in [9.17, 15) is 4.79 Å². The van der Waals surface area contributed by atoms with Crippen molar-refractivity contribution < 1.29 is 14.1 Å². The maximum atomic E-state index is 13.2. The molecule has 0 spiro atoms. The number of carbonyl (C=O) groups is 1. The van der Waals surface area contributed by atoms with E-state index < -0.39 is 0 Å². The van der Waals surface area contributed by atoms with E-state index in [-0.39, 0.29) is 18.3 Å². The van der Waals surface area contributed by atoms with Crippen LogP contribution in [-0.2, 0) is 6.61 Å². The number of halogens is 1. The van der Waals surface area contributed by atoms with Crippen LogP contribution in [0.3, 0.4) is 0 Å². The number of benzene rings is 1. The lowest BCUT2D eigenvalue weighted by Crippen LogP contribution is -2.33. The number of carbonyl (C=O) groups excluding carboxylic acids is 1. The average molecular weight is 406 g/mol. The molecule has 1 N–H and O–H groups in total. The van der Waals surface area contributed by atoms with E-state index in [1.807, 2.05) is 43.0 Å². The Labute approximate surface area is 172 Å². The Morgan fingerprint density at radius 1 is 1.21 bits per heavy atom. The van der Waals surface area contributed by atoms with E-state index in [1.54, 1.807) is 0 Å². The number of rotatable bonds is 4. The fraction of sp³-hybridized carbons (Fsp3) is 0.524. The van der Waals surface area contributed by atoms with Gasteiger partial charge in [-0.3, -0.25) is 4.79 Å². The highest BCUT2D eigenvalue weighted by Gasteiger charge is 2.32. The van der Waals surface area contributed by atoms with Crippen molar-refractivity contribution in [1.29, 1.82) is 0 Å². The van der Waals surface area contributed by atoms with Gasteiger partial charge in [-0.2, -0.15) is 0 Å². The minimum Gasteiger partial charge on any atom is -0.488 e. The second kappa shape index (κ2) is 8.97. The lowest BCUT2D eigenvalue weighted by atomic mass is 9.92. The SMILES string of the molecule is Cc1noc(C)c1COc1ccccc1C(=O)N1CC[C@@H]2CNC[C@@H]2CC1.Cl. The molecule has 2 fully saturated rings. The van der Waals surface area contributed by atoms with E-state index in [0.29, 0.717) is 29.8 Å². The van der Waals surface area contributed by atoms with Crippen molar-refractivity contribution in [3.8, 4) is 5.75 Å². The molecule has 0 radical (unpaired) electrons. The highest BCUT2D eigenvalue weighted by Crippen LogP contribution is 2.29. The van der Waals surface area contributed by atoms with Gasteiger partial charge in [0.05, 0.1) is 16.8 Å². The van der Waals surface area contributed by atoms with Crippen LogP contribution in [-0.4, -0.2) is 42.1 Å². The molecule has 2 aromatic rings. The number of para-hydroxylation sites is 1. The predicted octanol–water partition coefficient (Wildman–Crippen LogP) is 3.36. The van der Waals surface area contributed by atoms with Crippen molar-refractivity contribution in [3.63, 3.8) is 0 Å². The van der Waals surface area contributed by atoms with E-state index in [0.717, 1.165) is 56.0 Å². The summed E-state index contributed by atoms with van der Waals surface area (Å²) in [6.45, 7) is 7.93. The Hall–Kier alpha value is -2.05. The number of nitrogens with one attached hydrogen (secondary N) is 1. The molecule has 152 valence electrons. The molecule has 3 heterocycles. The molecule has 0 bridgehead atoms. The molecular weight excluding hydrogens is 378 g/mol. The molecule has 2 atom stereocenters. The number of fused-ring (bicyclic) bond motifs is 1. The quantitative estimate of drug-likeness (QED) is 0.844. The van der Waals surface area contributed by atoms with Crippen molar-refractivity contribution in [1.82, 2.24) is 15.4 Å². The molecule has 2 aliphatic heterocycles. The third-order valence-corrected chi connectivity index (χ3v) is 5.98. The molecule has 2 aliphatic rings. The van der Waals surface area contributed by atoms with E-state index in [2.05, 4.69) is 10.5 Å². The summed E-state index contributed by atoms with van der Waals surface area (Å²) >= 11 is 0. The first-order chi connectivity index (χ1) is 13.1. The standard InChI is InChI=1S/C21H27N3O3.ClH/c1-14-19(15(2)27-23-14)13-26-20-6-4-3-5-18(20)21(25)24-9-7-16-11-22-12-17(16)8-10-24;/h3-6,16-17,22H,7-13H2,1-2H3;1H/t16-,17+;. The molecular formula is C21H28ClN3O3. The molecule has 0 aliphatic carbocycles. The zero-order valence-corrected chi connectivity index (χ0v) is 17.3. The smallest absolute Gasteiger partial charge is 0.257 e. The number of hydrogen-bond acceptors (Lipinski definition) is 5. The number of likely N-dealkylation sites (tertiary alicyclic amines) is 1. The number of ether oxygens (including phenoxy) is 1. The number of nitrogens with zero attached hydrogens (tertiary/aromatic N) is 2. The normalized spacial score (nSPS) is 21.6. The number of aromatic nitrogens is 1. The van der Waals surface area contributed by atoms with E-state index >= 15 is 0 Å². The van der Waals surface area contributed by atoms with Crippen LogP contribution in [0.2, 0.25) is 0 Å². The van der Waals surface area contributed by atoms with E-state index in [1.165, 1.54) is 0 Å². The molecule has 1 aromatic carbocycles. The summed E-state index contributed by atoms with van der Waals surface area (Å²) in [6.07, 6.45) is 2.15. The Kier molecular flexibility index (Phi) is 6.62. The highest BCUT2D eigenvalue weighted by molar-refractivity contribution is 5.97. The van der Waals surface area contributed by atoms with Gasteiger partial charge in [-0.25, -0.2) is 0 Å². The molecule has 0 unspecified atom stereocenters. The van der Waals surface area contributed by atoms with Crippen molar-refractivity contribution >= 4 is 18.3 Å². The van der Waals surface area contributed by atoms with Gasteiger partial charge in [0, 0.05) is 13.1 Å². The van der Waals surface area contributed by atoms with Gasteiger partial charge >= 0.3 is 0 Å². The number of hydrogen-bond donors (Lipinski definition) is 1. The summed E-state index contributed by atoms with van der Waals surface area (Å²) in [5.41, 5.74) is 2.39. The van der Waals surface area contributed by atoms with Crippen LogP contribution < -0.4 is 10.1 Å². The van der Waals surface area contributed by atoms with Crippen molar-refractivity contribution in [2.75, 3.05) is 26.2 Å². The molecule has 0 saturated carbocycles. The fourth-order valence-corrected chi connectivity index (χ4v) is 4.22. The summed E-state index contributed by atoms with van der Waals surface area (Å²) in [7, 11) is 0. The minimum atomic E-state index is 0. The van der Waals surface area contributed by atoms with Gasteiger partial charge in [0.2, 0.25) is 0 Å². The second-order valence-electron chi connectivity index (χ2n) is 7.64. The molecule has 1 aromatic heterocycles. The summed E-state index contributed by atoms with van der Waals surface area (Å²) < 4.78 is 11.2. The number of aryl methyl sites for hydroxylation is 2. The molecule has 2 saturated heterocycles. The van der Waals surface area contributed by atoms with Crippen LogP contribution in [0.1, 0.15) is 40.2 Å². The van der Waals surface area contributed by atoms with Crippen molar-refractivity contribution in [2.24, 2.45) is 11.8 Å². The first-order valence-corrected chi connectivity index (χ1v) is 9.77. The minimum absolute atomic E-state index is 0. The van der Waals surface area contributed by atoms with Gasteiger partial charge in [0.1, 0.15) is 18.1 Å². The zero-order chi connectivity index (χ0) is 18.8. The Bertz CT molecular complexity index is 789. The predicted molar refractivity (Wildman–Crippen MR) is 109 cm³/mol. The maximum Gasteiger partial charge on any atom is 0.257 e. The first-order valence-electron chi connectivity index (χ1n) is 9.77. The van der Waals surface area contributed by atoms with Crippen LogP contribution in [0, 0.1) is 25.7 Å². The monoisotopic (exact) mass is 405 g/mol. The molecule has 1 amide bonds. The van der Waals surface area contributed by atoms with E-state index in [4.69, 9.17) is 9.26 Å². The van der Waals surface area contributed by atoms with Gasteiger partial charge in [0.15, 0.2) is 0 Å². The van der Waals surface area contributed by atoms with Gasteiger partial charge in [-0.15, -0.1) is 12.4 Å². The lowest BCUT2D eigenvalue weighted by molar-refractivity contribution is 0.0753. The third-order valence-electron chi connectivity index (χ3n) is 5.98. The van der Waals surface area contributed by atoms with Gasteiger partial charge in [-0.1, -0.05) is 17.3 Å². The molecule has 28 heavy (non-hydrogen) atoms. The summed E-state index contributed by atoms with van der Waals surface area (Å²) in [5.74, 6) is 2.84. The Balaban J connectivity index is 0.00000225. The lowest BCUT2D eigenvalue weighted by Gasteiger charge is -2.22. The van der Waals surface area contributed by atoms with Crippen LogP contribution in [0.4, 0.5) is 0 Å². The Morgan fingerprint density at radius 3 is 2.54 bits per heavy atom. The molecule has 6 nitrogen and oxygen atoms in total. The largest absolute Gasteiger partial charge is 0.488 e. The van der Waals surface area contributed by atoms with Crippen molar-refractivity contribution in [2.45, 2.75) is 33.3 Å². The summed E-state index contributed by atoms with van der Waals surface area (Å²) in [5, 5.41) is 7.44. The topological polar surface area (TPSA) is 67.6 Å². The highest BCUT2D eigenvalue weighted by atomic mass is 35.5. The van der Waals surface area contributed by atoms with Crippen LogP contribution in [0.5, 0.6) is 5.75 Å². The fourth-order valence-electron chi connectivity index (χ4n) is 4.22. The average Bonchev–Trinajstić information content (AvgIpc) is 3.20. The second-order valence-corrected chi connectivity index (χ2v) is 7.64. The number of amides is 1. The van der Waals surface area contributed by atoms with Crippen LogP contribution in [0.15, 0.2) is 28.8 Å². The molecule has 4 rings (SSSR count). The maximum absolute atomic E-state index is 13.2. The third kappa shape index (κ3) is 4.18. The summed E-state index contributed by atoms with van der Waals surface area (Å²) in [6, 6.07) is 7.52. The van der Waals surface area contributed by atoms with Crippen molar-refractivity contribution in [3.05, 3.63) is 46.8 Å². The summed E-state index contributed by atoms with van der Waals surface area (Å²) in [4.78, 5) is 15.2.